The fraction of sp³-hybridized carbons (Fsp3) is 0.533. The molecule has 0 radical (unpaired) electrons. The molecule has 1 saturated carbocycles. The predicted octanol–water partition coefficient (Wildman–Crippen LogP) is 5.12. The van der Waals surface area contributed by atoms with Gasteiger partial charge in [-0.3, -0.25) is 19.2 Å². The van der Waals surface area contributed by atoms with E-state index in [9.17, 15) is 50.6 Å². The van der Waals surface area contributed by atoms with Crippen molar-refractivity contribution in [1.29, 1.82) is 0 Å². The van der Waals surface area contributed by atoms with E-state index in [0.29, 0.717) is 18.0 Å². The lowest BCUT2D eigenvalue weighted by molar-refractivity contribution is -0.193. The van der Waals surface area contributed by atoms with Crippen LogP contribution in [0.4, 0.5) is 26.3 Å². The van der Waals surface area contributed by atoms with Crippen LogP contribution in [0.1, 0.15) is 49.0 Å². The van der Waals surface area contributed by atoms with Gasteiger partial charge < -0.3 is 25.6 Å². The van der Waals surface area contributed by atoms with Crippen molar-refractivity contribution in [3.63, 3.8) is 0 Å². The van der Waals surface area contributed by atoms with Gasteiger partial charge in [0.2, 0.25) is 5.91 Å². The molecule has 1 aliphatic rings. The summed E-state index contributed by atoms with van der Waals surface area (Å²) >= 11 is 2.91. The number of nitrogens with zero attached hydrogens (tertiary/aromatic N) is 1. The molecule has 0 aliphatic heterocycles. The number of amides is 1. The number of hydrogen-bond acceptors (Lipinski definition) is 9. The van der Waals surface area contributed by atoms with Gasteiger partial charge in [0, 0.05) is 37.0 Å². The maximum absolute atomic E-state index is 13.1. The number of benzene rings is 1. The van der Waals surface area contributed by atoms with E-state index in [1.165, 1.54) is 24.1 Å². The highest BCUT2D eigenvalue weighted by Crippen LogP contribution is 2.28. The fourth-order valence-electron chi connectivity index (χ4n) is 5.11. The molecular formula is C30H36F6N4O5S2. The molecular weight excluding hydrogens is 674 g/mol. The SMILES string of the molecule is O=C(C(=O)C(F)(F)F)C(F)(F)F.O=C(CCNCCc1cccs1)N(CCNCCc1ccc(O)c2[nH]c(=O)sc12)C1CCCCC1. The number of ketones is 2. The maximum Gasteiger partial charge on any atom is 0.458 e. The van der Waals surface area contributed by atoms with Gasteiger partial charge in [-0.1, -0.05) is 42.7 Å². The second kappa shape index (κ2) is 17.8. The van der Waals surface area contributed by atoms with Gasteiger partial charge in [0.15, 0.2) is 0 Å². The van der Waals surface area contributed by atoms with Crippen LogP contribution >= 0.6 is 22.7 Å². The van der Waals surface area contributed by atoms with Gasteiger partial charge in [-0.2, -0.15) is 26.3 Å². The zero-order valence-corrected chi connectivity index (χ0v) is 26.9. The molecule has 2 aromatic heterocycles. The number of alkyl halides is 6. The van der Waals surface area contributed by atoms with Crippen molar-refractivity contribution in [2.24, 2.45) is 0 Å². The third kappa shape index (κ3) is 12.0. The molecule has 4 N–H and O–H groups in total. The summed E-state index contributed by atoms with van der Waals surface area (Å²) in [7, 11) is 0. The normalized spacial score (nSPS) is 14.1. The number of phenols is 1. The molecule has 1 aromatic carbocycles. The minimum absolute atomic E-state index is 0.109. The van der Waals surface area contributed by atoms with Crippen LogP contribution in [0.5, 0.6) is 5.75 Å². The van der Waals surface area contributed by atoms with E-state index in [2.05, 4.69) is 38.0 Å². The first-order chi connectivity index (χ1) is 22.2. The zero-order valence-electron chi connectivity index (χ0n) is 25.3. The first-order valence-electron chi connectivity index (χ1n) is 15.0. The average molecular weight is 711 g/mol. The van der Waals surface area contributed by atoms with Gasteiger partial charge in [-0.05, 0) is 61.8 Å². The van der Waals surface area contributed by atoms with Crippen LogP contribution in [0.2, 0.25) is 0 Å². The lowest BCUT2D eigenvalue weighted by Gasteiger charge is -2.34. The number of Topliss-reactive ketones (excluding diaryl/α,β-unsaturated/α-hetero) is 2. The Bertz CT molecular complexity index is 1490. The summed E-state index contributed by atoms with van der Waals surface area (Å²) in [6.45, 7) is 3.85. The van der Waals surface area contributed by atoms with E-state index in [0.717, 1.165) is 80.0 Å². The van der Waals surface area contributed by atoms with Crippen LogP contribution in [0.3, 0.4) is 0 Å². The Kier molecular flexibility index (Phi) is 14.4. The van der Waals surface area contributed by atoms with Crippen molar-refractivity contribution in [2.75, 3.05) is 32.7 Å². The van der Waals surface area contributed by atoms with Crippen LogP contribution in [0.15, 0.2) is 34.4 Å². The smallest absolute Gasteiger partial charge is 0.458 e. The Labute approximate surface area is 274 Å². The zero-order chi connectivity index (χ0) is 34.6. The molecule has 1 amide bonds. The number of fused-ring (bicyclic) bond motifs is 1. The van der Waals surface area contributed by atoms with E-state index < -0.39 is 23.9 Å². The Morgan fingerprint density at radius 3 is 2.15 bits per heavy atom. The van der Waals surface area contributed by atoms with Crippen LogP contribution in [0, 0.1) is 0 Å². The average Bonchev–Trinajstić information content (AvgIpc) is 3.69. The topological polar surface area (TPSA) is 132 Å². The van der Waals surface area contributed by atoms with Gasteiger partial charge in [0.1, 0.15) is 11.3 Å². The highest BCUT2D eigenvalue weighted by atomic mass is 32.1. The summed E-state index contributed by atoms with van der Waals surface area (Å²) in [5, 5.41) is 19.0. The number of H-pyrrole nitrogens is 1. The molecule has 3 aromatic rings. The Morgan fingerprint density at radius 1 is 0.894 bits per heavy atom. The number of aromatic hydroxyl groups is 1. The number of rotatable bonds is 14. The van der Waals surface area contributed by atoms with Gasteiger partial charge in [-0.25, -0.2) is 0 Å². The molecule has 0 atom stereocenters. The van der Waals surface area contributed by atoms with Crippen molar-refractivity contribution in [3.05, 3.63) is 49.8 Å². The van der Waals surface area contributed by atoms with Crippen molar-refractivity contribution < 1.29 is 45.8 Å². The molecule has 4 rings (SSSR count). The molecule has 0 bridgehead atoms. The van der Waals surface area contributed by atoms with E-state index in [4.69, 9.17) is 0 Å². The molecule has 0 spiro atoms. The molecule has 1 aliphatic carbocycles. The van der Waals surface area contributed by atoms with E-state index in [1.54, 1.807) is 17.4 Å². The first kappa shape index (κ1) is 38.2. The lowest BCUT2D eigenvalue weighted by Crippen LogP contribution is -2.45. The molecule has 0 saturated heterocycles. The molecule has 9 nitrogen and oxygen atoms in total. The number of aromatic amines is 1. The Balaban J connectivity index is 0.000000426. The lowest BCUT2D eigenvalue weighted by atomic mass is 9.94. The van der Waals surface area contributed by atoms with Crippen LogP contribution in [-0.4, -0.2) is 83.6 Å². The number of aromatic nitrogens is 1. The van der Waals surface area contributed by atoms with E-state index in [-0.39, 0.29) is 16.5 Å². The van der Waals surface area contributed by atoms with Gasteiger partial charge in [0.25, 0.3) is 0 Å². The van der Waals surface area contributed by atoms with Crippen molar-refractivity contribution in [3.8, 4) is 5.75 Å². The summed E-state index contributed by atoms with van der Waals surface area (Å²) in [5.74, 6) is -6.46. The van der Waals surface area contributed by atoms with Crippen molar-refractivity contribution in [2.45, 2.75) is 69.8 Å². The summed E-state index contributed by atoms with van der Waals surface area (Å²) in [6, 6.07) is 8.11. The van der Waals surface area contributed by atoms with Crippen molar-refractivity contribution in [1.82, 2.24) is 20.5 Å². The minimum atomic E-state index is -5.77. The number of phenolic OH excluding ortho intramolecular Hbond substituents is 1. The first-order valence-corrected chi connectivity index (χ1v) is 16.7. The quantitative estimate of drug-likeness (QED) is 0.104. The van der Waals surface area contributed by atoms with Gasteiger partial charge in [0.05, 0.1) is 4.70 Å². The fourth-order valence-corrected chi connectivity index (χ4v) is 6.72. The largest absolute Gasteiger partial charge is 0.506 e. The molecule has 0 unspecified atom stereocenters. The van der Waals surface area contributed by atoms with Crippen LogP contribution in [0.25, 0.3) is 10.2 Å². The second-order valence-electron chi connectivity index (χ2n) is 10.8. The standard InChI is InChI=1S/C26H36N4O3S2.C4F6O2/c31-22-9-8-19(25-24(22)29-26(33)35-25)10-13-28-16-17-30(20-5-2-1-3-6-20)23(32)12-15-27-14-11-21-7-4-18-34-21;5-3(6,7)1(11)2(12)4(8,9)10/h4,7-9,18,20,27-28,31H,1-3,5-6,10-17H2,(H,29,33);. The number of thiophene rings is 1. The van der Waals surface area contributed by atoms with Crippen molar-refractivity contribution >= 4 is 50.4 Å². The van der Waals surface area contributed by atoms with Crippen LogP contribution in [-0.2, 0) is 27.2 Å². The highest BCUT2D eigenvalue weighted by Gasteiger charge is 2.54. The van der Waals surface area contributed by atoms with Gasteiger partial charge >= 0.3 is 28.8 Å². The Hall–Kier alpha value is -3.28. The number of carbonyl (C=O) groups is 3. The van der Waals surface area contributed by atoms with Crippen LogP contribution < -0.4 is 15.5 Å². The summed E-state index contributed by atoms with van der Waals surface area (Å²) in [5.41, 5.74) is 1.57. The third-order valence-electron chi connectivity index (χ3n) is 7.44. The number of thiazole rings is 1. The molecule has 17 heteroatoms. The number of carbonyl (C=O) groups excluding carboxylic acids is 3. The van der Waals surface area contributed by atoms with E-state index >= 15 is 0 Å². The predicted molar refractivity (Wildman–Crippen MR) is 167 cm³/mol. The highest BCUT2D eigenvalue weighted by molar-refractivity contribution is 7.16. The summed E-state index contributed by atoms with van der Waals surface area (Å²) in [6.07, 6.45) is -3.34. The molecule has 2 heterocycles. The number of hydrogen-bond donors (Lipinski definition) is 4. The maximum atomic E-state index is 13.1. The number of nitrogens with one attached hydrogen (secondary N) is 3. The molecule has 260 valence electrons. The summed E-state index contributed by atoms with van der Waals surface area (Å²) in [4.78, 5) is 50.1. The number of halogens is 6. The van der Waals surface area contributed by atoms with E-state index in [1.807, 2.05) is 6.07 Å². The monoisotopic (exact) mass is 710 g/mol. The molecule has 1 fully saturated rings. The Morgan fingerprint density at radius 2 is 1.53 bits per heavy atom. The molecule has 47 heavy (non-hydrogen) atoms. The minimum Gasteiger partial charge on any atom is -0.506 e. The second-order valence-corrected chi connectivity index (χ2v) is 12.8. The van der Waals surface area contributed by atoms with Gasteiger partial charge in [-0.15, -0.1) is 11.3 Å². The third-order valence-corrected chi connectivity index (χ3v) is 9.33. The summed E-state index contributed by atoms with van der Waals surface area (Å²) < 4.78 is 67.8.